The maximum absolute atomic E-state index is 11.9. The Kier molecular flexibility index (Phi) is 5.12. The molecule has 0 aromatic heterocycles. The number of methoxy groups -OCH3 is 1. The Labute approximate surface area is 124 Å². The van der Waals surface area contributed by atoms with Crippen LogP contribution in [0.15, 0.2) is 54.6 Å². The average molecular weight is 282 g/mol. The quantitative estimate of drug-likeness (QED) is 0.654. The van der Waals surface area contributed by atoms with Crippen LogP contribution in [0.3, 0.4) is 0 Å². The third-order valence-electron chi connectivity index (χ3n) is 2.87. The number of nitrogen functional groups attached to an aromatic ring is 1. The molecular formula is C17H18N2O2. The largest absolute Gasteiger partial charge is 0.399 e. The number of ether oxygens (including phenoxy) is 1. The molecule has 3 N–H and O–H groups in total. The minimum atomic E-state index is -0.179. The molecular weight excluding hydrogens is 264 g/mol. The topological polar surface area (TPSA) is 64.3 Å². The Bertz CT molecular complexity index is 633. The lowest BCUT2D eigenvalue weighted by atomic mass is 10.2. The third-order valence-corrected chi connectivity index (χ3v) is 2.87. The fraction of sp³-hybridized carbons (Fsp3) is 0.118. The third kappa shape index (κ3) is 4.78. The van der Waals surface area contributed by atoms with E-state index in [1.165, 1.54) is 6.08 Å². The van der Waals surface area contributed by atoms with Gasteiger partial charge >= 0.3 is 0 Å². The smallest absolute Gasteiger partial charge is 0.248 e. The molecule has 0 radical (unpaired) electrons. The number of nitrogens with two attached hydrogens (primary N) is 1. The van der Waals surface area contributed by atoms with Gasteiger partial charge < -0.3 is 15.8 Å². The van der Waals surface area contributed by atoms with Gasteiger partial charge in [0, 0.05) is 24.6 Å². The van der Waals surface area contributed by atoms with Gasteiger partial charge in [-0.15, -0.1) is 0 Å². The van der Waals surface area contributed by atoms with Gasteiger partial charge in [0.1, 0.15) is 0 Å². The number of hydrogen-bond acceptors (Lipinski definition) is 3. The first-order valence-electron chi connectivity index (χ1n) is 6.60. The van der Waals surface area contributed by atoms with Crippen LogP contribution in [0, 0.1) is 0 Å². The van der Waals surface area contributed by atoms with Gasteiger partial charge in [-0.2, -0.15) is 0 Å². The zero-order chi connectivity index (χ0) is 15.1. The molecule has 108 valence electrons. The van der Waals surface area contributed by atoms with E-state index in [1.54, 1.807) is 25.3 Å². The second kappa shape index (κ2) is 7.26. The van der Waals surface area contributed by atoms with Gasteiger partial charge in [0.25, 0.3) is 0 Å². The minimum Gasteiger partial charge on any atom is -0.399 e. The number of benzene rings is 2. The molecule has 0 saturated carbocycles. The molecule has 2 aromatic carbocycles. The SMILES string of the molecule is COCc1cccc(NC(=O)/C=C/c2ccc(N)cc2)c1. The maximum Gasteiger partial charge on any atom is 0.248 e. The van der Waals surface area contributed by atoms with E-state index >= 15 is 0 Å². The summed E-state index contributed by atoms with van der Waals surface area (Å²) >= 11 is 0. The molecule has 0 aliphatic heterocycles. The summed E-state index contributed by atoms with van der Waals surface area (Å²) in [7, 11) is 1.64. The minimum absolute atomic E-state index is 0.179. The molecule has 2 aromatic rings. The molecule has 1 amide bonds. The number of rotatable bonds is 5. The van der Waals surface area contributed by atoms with E-state index in [1.807, 2.05) is 36.4 Å². The van der Waals surface area contributed by atoms with E-state index in [-0.39, 0.29) is 5.91 Å². The first-order chi connectivity index (χ1) is 10.2. The molecule has 0 saturated heterocycles. The zero-order valence-electron chi connectivity index (χ0n) is 11.9. The van der Waals surface area contributed by atoms with E-state index in [2.05, 4.69) is 5.32 Å². The van der Waals surface area contributed by atoms with E-state index in [0.29, 0.717) is 12.3 Å². The van der Waals surface area contributed by atoms with Crippen LogP contribution in [0.4, 0.5) is 11.4 Å². The Balaban J connectivity index is 1.98. The van der Waals surface area contributed by atoms with Gasteiger partial charge in [0.15, 0.2) is 0 Å². The van der Waals surface area contributed by atoms with Crippen LogP contribution in [0.1, 0.15) is 11.1 Å². The summed E-state index contributed by atoms with van der Waals surface area (Å²) in [6, 6.07) is 14.9. The highest BCUT2D eigenvalue weighted by Gasteiger charge is 1.99. The highest BCUT2D eigenvalue weighted by Crippen LogP contribution is 2.12. The summed E-state index contributed by atoms with van der Waals surface area (Å²) in [5.74, 6) is -0.179. The highest BCUT2D eigenvalue weighted by atomic mass is 16.5. The van der Waals surface area contributed by atoms with Crippen LogP contribution in [0.2, 0.25) is 0 Å². The van der Waals surface area contributed by atoms with Gasteiger partial charge in [-0.25, -0.2) is 0 Å². The Morgan fingerprint density at radius 3 is 2.71 bits per heavy atom. The van der Waals surface area contributed by atoms with Gasteiger partial charge in [0.05, 0.1) is 6.61 Å². The molecule has 0 spiro atoms. The summed E-state index contributed by atoms with van der Waals surface area (Å²) in [6.07, 6.45) is 3.24. The van der Waals surface area contributed by atoms with Gasteiger partial charge in [-0.1, -0.05) is 24.3 Å². The van der Waals surface area contributed by atoms with Crippen molar-refractivity contribution in [2.45, 2.75) is 6.61 Å². The van der Waals surface area contributed by atoms with E-state index in [0.717, 1.165) is 16.8 Å². The van der Waals surface area contributed by atoms with Crippen molar-refractivity contribution in [3.8, 4) is 0 Å². The summed E-state index contributed by atoms with van der Waals surface area (Å²) in [6.45, 7) is 0.519. The number of carbonyl (C=O) groups is 1. The van der Waals surface area contributed by atoms with E-state index in [4.69, 9.17) is 10.5 Å². The van der Waals surface area contributed by atoms with Crippen LogP contribution >= 0.6 is 0 Å². The fourth-order valence-corrected chi connectivity index (χ4v) is 1.87. The van der Waals surface area contributed by atoms with Crippen LogP contribution < -0.4 is 11.1 Å². The summed E-state index contributed by atoms with van der Waals surface area (Å²) in [5, 5.41) is 2.82. The average Bonchev–Trinajstić information content (AvgIpc) is 2.47. The maximum atomic E-state index is 11.9. The van der Waals surface area contributed by atoms with Crippen molar-refractivity contribution >= 4 is 23.4 Å². The Hall–Kier alpha value is -2.59. The lowest BCUT2D eigenvalue weighted by Crippen LogP contribution is -2.08. The summed E-state index contributed by atoms with van der Waals surface area (Å²) < 4.78 is 5.07. The molecule has 0 atom stereocenters. The van der Waals surface area contributed by atoms with E-state index < -0.39 is 0 Å². The predicted octanol–water partition coefficient (Wildman–Crippen LogP) is 3.07. The molecule has 2 rings (SSSR count). The first-order valence-corrected chi connectivity index (χ1v) is 6.60. The Morgan fingerprint density at radius 1 is 1.24 bits per heavy atom. The summed E-state index contributed by atoms with van der Waals surface area (Å²) in [4.78, 5) is 11.9. The molecule has 0 aliphatic carbocycles. The molecule has 0 bridgehead atoms. The number of nitrogens with one attached hydrogen (secondary N) is 1. The van der Waals surface area contributed by atoms with Gasteiger partial charge in [0.2, 0.25) is 5.91 Å². The zero-order valence-corrected chi connectivity index (χ0v) is 11.9. The highest BCUT2D eigenvalue weighted by molar-refractivity contribution is 6.01. The van der Waals surface area contributed by atoms with E-state index in [9.17, 15) is 4.79 Å². The number of hydrogen-bond donors (Lipinski definition) is 2. The van der Waals surface area contributed by atoms with Gasteiger partial charge in [-0.05, 0) is 41.5 Å². The van der Waals surface area contributed by atoms with Crippen molar-refractivity contribution < 1.29 is 9.53 Å². The monoisotopic (exact) mass is 282 g/mol. The molecule has 4 nitrogen and oxygen atoms in total. The van der Waals surface area contributed by atoms with Crippen molar-refractivity contribution in [2.24, 2.45) is 0 Å². The fourth-order valence-electron chi connectivity index (χ4n) is 1.87. The summed E-state index contributed by atoms with van der Waals surface area (Å²) in [5.41, 5.74) is 8.99. The normalized spacial score (nSPS) is 10.7. The van der Waals surface area contributed by atoms with Crippen molar-refractivity contribution in [1.82, 2.24) is 0 Å². The van der Waals surface area contributed by atoms with Crippen molar-refractivity contribution in [3.63, 3.8) is 0 Å². The predicted molar refractivity (Wildman–Crippen MR) is 85.7 cm³/mol. The van der Waals surface area contributed by atoms with Crippen molar-refractivity contribution in [3.05, 3.63) is 65.7 Å². The number of anilines is 2. The number of amides is 1. The first kappa shape index (κ1) is 14.8. The lowest BCUT2D eigenvalue weighted by Gasteiger charge is -2.05. The van der Waals surface area contributed by atoms with Gasteiger partial charge in [-0.3, -0.25) is 4.79 Å². The van der Waals surface area contributed by atoms with Crippen LogP contribution in [0.5, 0.6) is 0 Å². The van der Waals surface area contributed by atoms with Crippen LogP contribution in [-0.2, 0) is 16.1 Å². The standard InChI is InChI=1S/C17H18N2O2/c1-21-12-14-3-2-4-16(11-14)19-17(20)10-7-13-5-8-15(18)9-6-13/h2-11H,12,18H2,1H3,(H,19,20)/b10-7+. The second-order valence-corrected chi connectivity index (χ2v) is 4.62. The lowest BCUT2D eigenvalue weighted by molar-refractivity contribution is -0.111. The van der Waals surface area contributed by atoms with Crippen LogP contribution in [-0.4, -0.2) is 13.0 Å². The molecule has 0 unspecified atom stereocenters. The molecule has 0 aliphatic rings. The van der Waals surface area contributed by atoms with Crippen molar-refractivity contribution in [1.29, 1.82) is 0 Å². The second-order valence-electron chi connectivity index (χ2n) is 4.62. The molecule has 0 heterocycles. The van der Waals surface area contributed by atoms with Crippen molar-refractivity contribution in [2.75, 3.05) is 18.2 Å². The molecule has 21 heavy (non-hydrogen) atoms. The molecule has 0 fully saturated rings. The Morgan fingerprint density at radius 2 is 2.00 bits per heavy atom. The number of carbonyl (C=O) groups excluding carboxylic acids is 1. The van der Waals surface area contributed by atoms with Crippen LogP contribution in [0.25, 0.3) is 6.08 Å². The molecule has 4 heteroatoms.